The number of anilines is 1. The molecule has 0 amide bonds. The number of β-amino-alcohol motifs (C(OH)–C–C–N with tert-alkyl or cyclic N) is 1. The number of hydrogen-bond acceptors (Lipinski definition) is 4. The van der Waals surface area contributed by atoms with E-state index >= 15 is 0 Å². The Morgan fingerprint density at radius 3 is 2.76 bits per heavy atom. The Bertz CT molecular complexity index is 681. The van der Waals surface area contributed by atoms with Crippen LogP contribution in [-0.2, 0) is 0 Å². The number of rotatable bonds is 2. The van der Waals surface area contributed by atoms with E-state index in [0.29, 0.717) is 24.3 Å². The van der Waals surface area contributed by atoms with Crippen molar-refractivity contribution < 1.29 is 9.50 Å². The molecule has 2 aromatic rings. The first kappa shape index (κ1) is 13.5. The minimum atomic E-state index is -0.465. The Balaban J connectivity index is 1.95. The van der Waals surface area contributed by atoms with Gasteiger partial charge >= 0.3 is 0 Å². The summed E-state index contributed by atoms with van der Waals surface area (Å²) in [5, 5.41) is 18.9. The van der Waals surface area contributed by atoms with Gasteiger partial charge in [-0.15, -0.1) is 0 Å². The maximum atomic E-state index is 13.1. The monoisotopic (exact) mass is 283 g/mol. The molecule has 1 aromatic heterocycles. The molecular formula is C16H14FN3O. The second-order valence-corrected chi connectivity index (χ2v) is 5.12. The zero-order chi connectivity index (χ0) is 14.8. The molecule has 1 fully saturated rings. The van der Waals surface area contributed by atoms with Gasteiger partial charge in [0.05, 0.1) is 23.8 Å². The van der Waals surface area contributed by atoms with Crippen LogP contribution in [0, 0.1) is 17.1 Å². The van der Waals surface area contributed by atoms with Gasteiger partial charge in [0.15, 0.2) is 0 Å². The van der Waals surface area contributed by atoms with Crippen molar-refractivity contribution in [3.05, 3.63) is 59.5 Å². The standard InChI is InChI=1S/C16H14FN3O/c17-13-3-1-12(2-4-13)15-8-14(21)10-20(15)16-7-11(9-18)5-6-19-16/h1-7,14-15,21H,8,10H2/t14-,15-/m1/s1. The summed E-state index contributed by atoms with van der Waals surface area (Å²) in [6.07, 6.45) is 1.68. The van der Waals surface area contributed by atoms with Gasteiger partial charge in [-0.2, -0.15) is 5.26 Å². The Morgan fingerprint density at radius 1 is 1.29 bits per heavy atom. The lowest BCUT2D eigenvalue weighted by Gasteiger charge is -2.25. The third-order valence-electron chi connectivity index (χ3n) is 3.70. The van der Waals surface area contributed by atoms with Crippen molar-refractivity contribution in [1.29, 1.82) is 5.26 Å². The summed E-state index contributed by atoms with van der Waals surface area (Å²) in [6, 6.07) is 11.6. The largest absolute Gasteiger partial charge is 0.391 e. The van der Waals surface area contributed by atoms with E-state index in [0.717, 1.165) is 5.56 Å². The molecule has 0 unspecified atom stereocenters. The van der Waals surface area contributed by atoms with Gasteiger partial charge in [-0.25, -0.2) is 9.37 Å². The number of nitriles is 1. The normalized spacial score (nSPS) is 21.3. The summed E-state index contributed by atoms with van der Waals surface area (Å²) in [7, 11) is 0. The fourth-order valence-corrected chi connectivity index (χ4v) is 2.71. The summed E-state index contributed by atoms with van der Waals surface area (Å²) < 4.78 is 13.1. The molecule has 0 radical (unpaired) electrons. The fraction of sp³-hybridized carbons (Fsp3) is 0.250. The Hall–Kier alpha value is -2.45. The highest BCUT2D eigenvalue weighted by molar-refractivity contribution is 5.48. The number of aliphatic hydroxyl groups excluding tert-OH is 1. The molecule has 0 aliphatic carbocycles. The number of nitrogens with zero attached hydrogens (tertiary/aromatic N) is 3. The van der Waals surface area contributed by atoms with Crippen LogP contribution in [0.2, 0.25) is 0 Å². The third-order valence-corrected chi connectivity index (χ3v) is 3.70. The van der Waals surface area contributed by atoms with Crippen molar-refractivity contribution >= 4 is 5.82 Å². The molecule has 1 aliphatic rings. The number of hydrogen-bond donors (Lipinski definition) is 1. The molecule has 4 nitrogen and oxygen atoms in total. The SMILES string of the molecule is N#Cc1ccnc(N2C[C@H](O)C[C@@H]2c2ccc(F)cc2)c1. The van der Waals surface area contributed by atoms with Gasteiger partial charge in [-0.1, -0.05) is 12.1 Å². The van der Waals surface area contributed by atoms with Crippen molar-refractivity contribution in [2.24, 2.45) is 0 Å². The van der Waals surface area contributed by atoms with E-state index in [4.69, 9.17) is 5.26 Å². The zero-order valence-corrected chi connectivity index (χ0v) is 11.3. The van der Waals surface area contributed by atoms with E-state index in [9.17, 15) is 9.50 Å². The zero-order valence-electron chi connectivity index (χ0n) is 11.3. The molecule has 0 spiro atoms. The van der Waals surface area contributed by atoms with Crippen LogP contribution in [0.15, 0.2) is 42.6 Å². The molecule has 1 saturated heterocycles. The highest BCUT2D eigenvalue weighted by Gasteiger charge is 2.33. The van der Waals surface area contributed by atoms with Crippen LogP contribution in [0.5, 0.6) is 0 Å². The van der Waals surface area contributed by atoms with Gasteiger partial charge in [0.2, 0.25) is 0 Å². The van der Waals surface area contributed by atoms with Crippen LogP contribution in [-0.4, -0.2) is 22.7 Å². The van der Waals surface area contributed by atoms with Crippen molar-refractivity contribution in [3.63, 3.8) is 0 Å². The summed E-state index contributed by atoms with van der Waals surface area (Å²) >= 11 is 0. The average molecular weight is 283 g/mol. The van der Waals surface area contributed by atoms with Gasteiger partial charge in [0.25, 0.3) is 0 Å². The predicted molar refractivity (Wildman–Crippen MR) is 76.1 cm³/mol. The van der Waals surface area contributed by atoms with Gasteiger partial charge in [0, 0.05) is 12.7 Å². The Kier molecular flexibility index (Phi) is 3.55. The lowest BCUT2D eigenvalue weighted by molar-refractivity contribution is 0.194. The van der Waals surface area contributed by atoms with Crippen LogP contribution in [0.1, 0.15) is 23.6 Å². The molecule has 3 rings (SSSR count). The first-order valence-corrected chi connectivity index (χ1v) is 6.73. The van der Waals surface area contributed by atoms with E-state index in [1.807, 2.05) is 4.90 Å². The van der Waals surface area contributed by atoms with Crippen molar-refractivity contribution in [2.45, 2.75) is 18.6 Å². The molecule has 2 heterocycles. The molecule has 0 saturated carbocycles. The van der Waals surface area contributed by atoms with Crippen molar-refractivity contribution in [3.8, 4) is 6.07 Å². The van der Waals surface area contributed by atoms with E-state index in [2.05, 4.69) is 11.1 Å². The van der Waals surface area contributed by atoms with Crippen molar-refractivity contribution in [2.75, 3.05) is 11.4 Å². The number of pyridine rings is 1. The summed E-state index contributed by atoms with van der Waals surface area (Å²) in [6.45, 7) is 0.448. The number of benzene rings is 1. The maximum absolute atomic E-state index is 13.1. The van der Waals surface area contributed by atoms with Crippen LogP contribution in [0.25, 0.3) is 0 Å². The molecule has 1 N–H and O–H groups in total. The van der Waals surface area contributed by atoms with Gasteiger partial charge in [-0.3, -0.25) is 0 Å². The summed E-state index contributed by atoms with van der Waals surface area (Å²) in [4.78, 5) is 6.24. The molecular weight excluding hydrogens is 269 g/mol. The van der Waals surface area contributed by atoms with Crippen molar-refractivity contribution in [1.82, 2.24) is 4.98 Å². The van der Waals surface area contributed by atoms with Crippen LogP contribution in [0.4, 0.5) is 10.2 Å². The van der Waals surface area contributed by atoms with E-state index in [1.165, 1.54) is 12.1 Å². The Morgan fingerprint density at radius 2 is 2.05 bits per heavy atom. The molecule has 0 bridgehead atoms. The highest BCUT2D eigenvalue weighted by Crippen LogP contribution is 2.35. The van der Waals surface area contributed by atoms with Crippen LogP contribution >= 0.6 is 0 Å². The molecule has 1 aliphatic heterocycles. The minimum absolute atomic E-state index is 0.0676. The maximum Gasteiger partial charge on any atom is 0.130 e. The topological polar surface area (TPSA) is 60.2 Å². The van der Waals surface area contributed by atoms with E-state index in [-0.39, 0.29) is 11.9 Å². The smallest absolute Gasteiger partial charge is 0.130 e. The third kappa shape index (κ3) is 2.71. The van der Waals surface area contributed by atoms with Gasteiger partial charge in [0.1, 0.15) is 11.6 Å². The quantitative estimate of drug-likeness (QED) is 0.919. The second-order valence-electron chi connectivity index (χ2n) is 5.12. The summed E-state index contributed by atoms with van der Waals surface area (Å²) in [5.41, 5.74) is 1.45. The van der Waals surface area contributed by atoms with Gasteiger partial charge in [-0.05, 0) is 36.2 Å². The number of aromatic nitrogens is 1. The lowest BCUT2D eigenvalue weighted by Crippen LogP contribution is -2.25. The number of halogens is 1. The van der Waals surface area contributed by atoms with E-state index in [1.54, 1.807) is 30.5 Å². The Labute approximate surface area is 122 Å². The number of aliphatic hydroxyl groups is 1. The minimum Gasteiger partial charge on any atom is -0.391 e. The molecule has 2 atom stereocenters. The lowest BCUT2D eigenvalue weighted by atomic mass is 10.0. The summed E-state index contributed by atoms with van der Waals surface area (Å²) in [5.74, 6) is 0.369. The highest BCUT2D eigenvalue weighted by atomic mass is 19.1. The first-order chi connectivity index (χ1) is 10.2. The first-order valence-electron chi connectivity index (χ1n) is 6.73. The van der Waals surface area contributed by atoms with Crippen LogP contribution in [0.3, 0.4) is 0 Å². The predicted octanol–water partition coefficient (Wildman–Crippen LogP) is 2.40. The second kappa shape index (κ2) is 5.51. The molecule has 5 heteroatoms. The molecule has 106 valence electrons. The van der Waals surface area contributed by atoms with E-state index < -0.39 is 6.10 Å². The molecule has 21 heavy (non-hydrogen) atoms. The van der Waals surface area contributed by atoms with Gasteiger partial charge < -0.3 is 10.0 Å². The van der Waals surface area contributed by atoms with Crippen LogP contribution < -0.4 is 4.90 Å². The average Bonchev–Trinajstić information content (AvgIpc) is 2.90. The molecule has 1 aromatic carbocycles. The fourth-order valence-electron chi connectivity index (χ4n) is 2.71.